The van der Waals surface area contributed by atoms with Gasteiger partial charge in [-0.25, -0.2) is 5.43 Å². The minimum absolute atomic E-state index is 0.0772. The van der Waals surface area contributed by atoms with Gasteiger partial charge in [0.05, 0.1) is 5.71 Å². The fourth-order valence-corrected chi connectivity index (χ4v) is 2.53. The molecule has 0 bridgehead atoms. The van der Waals surface area contributed by atoms with Crippen molar-refractivity contribution in [3.8, 4) is 0 Å². The number of rotatable bonds is 6. The highest BCUT2D eigenvalue weighted by Gasteiger charge is 2.09. The Balaban J connectivity index is 1.82. The molecule has 0 aromatic heterocycles. The first-order chi connectivity index (χ1) is 12.3. The summed E-state index contributed by atoms with van der Waals surface area (Å²) in [6.45, 7) is 5.71. The Morgan fingerprint density at radius 1 is 1.00 bits per heavy atom. The van der Waals surface area contributed by atoms with E-state index in [0.717, 1.165) is 26.9 Å². The Bertz CT molecular complexity index is 829. The van der Waals surface area contributed by atoms with Crippen LogP contribution in [0.2, 0.25) is 0 Å². The van der Waals surface area contributed by atoms with Crippen molar-refractivity contribution < 1.29 is 9.59 Å². The number of nitrogens with one attached hydrogen (secondary N) is 2. The number of halogens is 1. The highest BCUT2D eigenvalue weighted by Crippen LogP contribution is 2.16. The highest BCUT2D eigenvalue weighted by atomic mass is 79.9. The Morgan fingerprint density at radius 3 is 2.35 bits per heavy atom. The molecule has 0 heterocycles. The van der Waals surface area contributed by atoms with Crippen LogP contribution >= 0.6 is 15.9 Å². The number of hydrogen-bond donors (Lipinski definition) is 2. The second-order valence-corrected chi connectivity index (χ2v) is 7.02. The lowest BCUT2D eigenvalue weighted by atomic mass is 10.1. The number of amides is 2. The molecule has 2 aromatic carbocycles. The quantitative estimate of drug-likeness (QED) is 0.544. The second-order valence-electron chi connectivity index (χ2n) is 6.11. The first kappa shape index (κ1) is 19.8. The predicted octanol–water partition coefficient (Wildman–Crippen LogP) is 4.33. The summed E-state index contributed by atoms with van der Waals surface area (Å²) in [4.78, 5) is 23.9. The van der Waals surface area contributed by atoms with E-state index in [1.807, 2.05) is 63.2 Å². The van der Waals surface area contributed by atoms with Crippen LogP contribution in [0.4, 0.5) is 5.69 Å². The molecule has 6 heteroatoms. The van der Waals surface area contributed by atoms with Crippen LogP contribution in [-0.2, 0) is 9.59 Å². The summed E-state index contributed by atoms with van der Waals surface area (Å²) in [6, 6.07) is 13.5. The van der Waals surface area contributed by atoms with Crippen LogP contribution < -0.4 is 10.7 Å². The molecule has 2 N–H and O–H groups in total. The SMILES string of the molecule is C/C(=N\NC(=O)CCC(=O)Nc1cc(C)ccc1C)c1ccc(Br)cc1. The lowest BCUT2D eigenvalue weighted by Gasteiger charge is -2.09. The number of anilines is 1. The van der Waals surface area contributed by atoms with Gasteiger partial charge in [0.15, 0.2) is 0 Å². The van der Waals surface area contributed by atoms with Crippen LogP contribution in [0.1, 0.15) is 36.5 Å². The predicted molar refractivity (Wildman–Crippen MR) is 108 cm³/mol. The number of hydrazone groups is 1. The van der Waals surface area contributed by atoms with E-state index in [2.05, 4.69) is 31.8 Å². The molecule has 0 saturated heterocycles. The molecule has 0 aliphatic rings. The molecule has 0 saturated carbocycles. The Labute approximate surface area is 162 Å². The van der Waals surface area contributed by atoms with Crippen LogP contribution in [0, 0.1) is 13.8 Å². The smallest absolute Gasteiger partial charge is 0.240 e. The molecule has 0 unspecified atom stereocenters. The molecule has 0 aliphatic heterocycles. The minimum Gasteiger partial charge on any atom is -0.326 e. The summed E-state index contributed by atoms with van der Waals surface area (Å²) in [5.41, 5.74) is 6.95. The monoisotopic (exact) mass is 415 g/mol. The number of carbonyl (C=O) groups excluding carboxylic acids is 2. The second kappa shape index (κ2) is 9.29. The van der Waals surface area contributed by atoms with Gasteiger partial charge < -0.3 is 5.32 Å². The molecule has 2 aromatic rings. The summed E-state index contributed by atoms with van der Waals surface area (Å²) in [5, 5.41) is 6.92. The zero-order chi connectivity index (χ0) is 19.1. The van der Waals surface area contributed by atoms with Crippen molar-refractivity contribution >= 4 is 39.1 Å². The van der Waals surface area contributed by atoms with E-state index in [0.29, 0.717) is 5.71 Å². The van der Waals surface area contributed by atoms with Crippen LogP contribution in [-0.4, -0.2) is 17.5 Å². The molecule has 136 valence electrons. The van der Waals surface area contributed by atoms with E-state index in [9.17, 15) is 9.59 Å². The summed E-state index contributed by atoms with van der Waals surface area (Å²) in [6.07, 6.45) is 0.180. The minimum atomic E-state index is -0.294. The molecule has 0 aliphatic carbocycles. The largest absolute Gasteiger partial charge is 0.326 e. The normalized spacial score (nSPS) is 11.2. The number of hydrogen-bond acceptors (Lipinski definition) is 3. The number of nitrogens with zero attached hydrogens (tertiary/aromatic N) is 1. The van der Waals surface area contributed by atoms with Crippen molar-refractivity contribution in [1.82, 2.24) is 5.43 Å². The molecule has 0 spiro atoms. The van der Waals surface area contributed by atoms with Crippen molar-refractivity contribution in [3.05, 3.63) is 63.6 Å². The molecule has 5 nitrogen and oxygen atoms in total. The molecule has 2 amide bonds. The number of benzene rings is 2. The molecule has 2 rings (SSSR count). The van der Waals surface area contributed by atoms with Gasteiger partial charge in [-0.15, -0.1) is 0 Å². The van der Waals surface area contributed by atoms with E-state index >= 15 is 0 Å². The molecular weight excluding hydrogens is 394 g/mol. The Morgan fingerprint density at radius 2 is 1.65 bits per heavy atom. The molecule has 0 fully saturated rings. The van der Waals surface area contributed by atoms with Gasteiger partial charge >= 0.3 is 0 Å². The van der Waals surface area contributed by atoms with Gasteiger partial charge in [-0.1, -0.05) is 40.2 Å². The van der Waals surface area contributed by atoms with Crippen LogP contribution in [0.5, 0.6) is 0 Å². The first-order valence-corrected chi connectivity index (χ1v) is 9.10. The third kappa shape index (κ3) is 6.11. The van der Waals surface area contributed by atoms with Crippen molar-refractivity contribution in [3.63, 3.8) is 0 Å². The van der Waals surface area contributed by atoms with Gasteiger partial charge in [-0.05, 0) is 55.7 Å². The van der Waals surface area contributed by atoms with Gasteiger partial charge in [0.25, 0.3) is 0 Å². The van der Waals surface area contributed by atoms with Crippen LogP contribution in [0.15, 0.2) is 52.0 Å². The summed E-state index contributed by atoms with van der Waals surface area (Å²) >= 11 is 3.38. The van der Waals surface area contributed by atoms with Gasteiger partial charge in [-0.3, -0.25) is 9.59 Å². The zero-order valence-corrected chi connectivity index (χ0v) is 16.7. The molecule has 0 atom stereocenters. The summed E-state index contributed by atoms with van der Waals surface area (Å²) in [5.74, 6) is -0.486. The summed E-state index contributed by atoms with van der Waals surface area (Å²) < 4.78 is 0.980. The van der Waals surface area contributed by atoms with E-state index in [4.69, 9.17) is 0 Å². The average Bonchev–Trinajstić information content (AvgIpc) is 2.61. The van der Waals surface area contributed by atoms with E-state index < -0.39 is 0 Å². The average molecular weight is 416 g/mol. The van der Waals surface area contributed by atoms with Crippen LogP contribution in [0.25, 0.3) is 0 Å². The van der Waals surface area contributed by atoms with Gasteiger partial charge in [-0.2, -0.15) is 5.10 Å². The first-order valence-electron chi connectivity index (χ1n) is 8.31. The Hall–Kier alpha value is -2.47. The lowest BCUT2D eigenvalue weighted by molar-refractivity contribution is -0.124. The van der Waals surface area contributed by atoms with Gasteiger partial charge in [0, 0.05) is 23.0 Å². The van der Waals surface area contributed by atoms with Crippen LogP contribution in [0.3, 0.4) is 0 Å². The maximum Gasteiger partial charge on any atom is 0.240 e. The third-order valence-electron chi connectivity index (χ3n) is 3.86. The zero-order valence-electron chi connectivity index (χ0n) is 15.1. The topological polar surface area (TPSA) is 70.6 Å². The molecular formula is C20H22BrN3O2. The third-order valence-corrected chi connectivity index (χ3v) is 4.39. The van der Waals surface area contributed by atoms with Gasteiger partial charge in [0.1, 0.15) is 0 Å². The van der Waals surface area contributed by atoms with E-state index in [-0.39, 0.29) is 24.7 Å². The summed E-state index contributed by atoms with van der Waals surface area (Å²) in [7, 11) is 0. The Kier molecular flexibility index (Phi) is 7.09. The number of carbonyl (C=O) groups is 2. The lowest BCUT2D eigenvalue weighted by Crippen LogP contribution is -2.22. The highest BCUT2D eigenvalue weighted by molar-refractivity contribution is 9.10. The molecule has 0 radical (unpaired) electrons. The van der Waals surface area contributed by atoms with E-state index in [1.54, 1.807) is 0 Å². The van der Waals surface area contributed by atoms with E-state index in [1.165, 1.54) is 0 Å². The van der Waals surface area contributed by atoms with Gasteiger partial charge in [0.2, 0.25) is 11.8 Å². The number of aryl methyl sites for hydroxylation is 2. The fourth-order valence-electron chi connectivity index (χ4n) is 2.27. The fraction of sp³-hybridized carbons (Fsp3) is 0.250. The van der Waals surface area contributed by atoms with Crippen molar-refractivity contribution in [2.24, 2.45) is 5.10 Å². The molecule has 26 heavy (non-hydrogen) atoms. The maximum absolute atomic E-state index is 12.0. The van der Waals surface area contributed by atoms with Crippen molar-refractivity contribution in [1.29, 1.82) is 0 Å². The maximum atomic E-state index is 12.0. The van der Waals surface area contributed by atoms with Crippen molar-refractivity contribution in [2.75, 3.05) is 5.32 Å². The van der Waals surface area contributed by atoms with Crippen molar-refractivity contribution in [2.45, 2.75) is 33.6 Å². The standard InChI is InChI=1S/C20H22BrN3O2/c1-13-4-5-14(2)18(12-13)22-19(25)10-11-20(26)24-23-15(3)16-6-8-17(21)9-7-16/h4-9,12H,10-11H2,1-3H3,(H,22,25)(H,24,26)/b23-15+.